The fourth-order valence-electron chi connectivity index (χ4n) is 0.187. The zero-order valence-electron chi connectivity index (χ0n) is 4.63. The summed E-state index contributed by atoms with van der Waals surface area (Å²) in [5, 5.41) is 8.10. The van der Waals surface area contributed by atoms with E-state index in [0.717, 1.165) is 6.26 Å². The zero-order valence-corrected chi connectivity index (χ0v) is 4.63. The summed E-state index contributed by atoms with van der Waals surface area (Å²) in [5.74, 6) is -0.380. The molecule has 0 fully saturated rings. The van der Waals surface area contributed by atoms with Crippen LogP contribution < -0.4 is 0 Å². The number of carbonyl (C=O) groups is 1. The number of esters is 1. The molecule has 0 heterocycles. The van der Waals surface area contributed by atoms with Gasteiger partial charge in [-0.05, 0) is 6.08 Å². The first-order valence-electron chi connectivity index (χ1n) is 2.20. The van der Waals surface area contributed by atoms with Crippen molar-refractivity contribution in [1.29, 1.82) is 0 Å². The van der Waals surface area contributed by atoms with Gasteiger partial charge in [0, 0.05) is 6.92 Å². The maximum Gasteiger partial charge on any atom is 0.307 e. The van der Waals surface area contributed by atoms with Crippen molar-refractivity contribution < 1.29 is 14.6 Å². The second-order valence-electron chi connectivity index (χ2n) is 1.16. The number of hydrogen-bond donors (Lipinski definition) is 1. The van der Waals surface area contributed by atoms with Gasteiger partial charge in [-0.15, -0.1) is 0 Å². The molecule has 0 aliphatic rings. The highest BCUT2D eigenvalue weighted by molar-refractivity contribution is 5.66. The monoisotopic (exact) mass is 116 g/mol. The summed E-state index contributed by atoms with van der Waals surface area (Å²) in [6, 6.07) is 0. The third-order valence-corrected chi connectivity index (χ3v) is 0.436. The molecule has 0 aromatic rings. The van der Waals surface area contributed by atoms with Crippen LogP contribution in [-0.2, 0) is 9.53 Å². The first-order chi connectivity index (χ1) is 3.77. The minimum atomic E-state index is -0.380. The molecule has 0 aliphatic carbocycles. The second-order valence-corrected chi connectivity index (χ2v) is 1.16. The van der Waals surface area contributed by atoms with Gasteiger partial charge in [-0.2, -0.15) is 0 Å². The van der Waals surface area contributed by atoms with Crippen molar-refractivity contribution in [1.82, 2.24) is 0 Å². The number of aliphatic hydroxyl groups excluding tert-OH is 1. The molecule has 8 heavy (non-hydrogen) atoms. The summed E-state index contributed by atoms with van der Waals surface area (Å²) < 4.78 is 4.30. The summed E-state index contributed by atoms with van der Waals surface area (Å²) in [6.07, 6.45) is 2.49. The molecular weight excluding hydrogens is 108 g/mol. The summed E-state index contributed by atoms with van der Waals surface area (Å²) in [7, 11) is 0. The molecule has 1 N–H and O–H groups in total. The maximum atomic E-state index is 9.96. The molecule has 0 aromatic carbocycles. The summed E-state index contributed by atoms with van der Waals surface area (Å²) in [5.41, 5.74) is 0. The fourth-order valence-corrected chi connectivity index (χ4v) is 0.187. The molecule has 0 saturated carbocycles. The largest absolute Gasteiger partial charge is 0.435 e. The number of carbonyl (C=O) groups excluding carboxylic acids is 1. The quantitative estimate of drug-likeness (QED) is 0.409. The molecule has 0 unspecified atom stereocenters. The third-order valence-electron chi connectivity index (χ3n) is 0.436. The van der Waals surface area contributed by atoms with Crippen LogP contribution in [0.15, 0.2) is 12.3 Å². The Labute approximate surface area is 47.6 Å². The van der Waals surface area contributed by atoms with Gasteiger partial charge in [-0.25, -0.2) is 0 Å². The van der Waals surface area contributed by atoms with Crippen LogP contribution >= 0.6 is 0 Å². The second kappa shape index (κ2) is 4.33. The molecule has 0 amide bonds. The van der Waals surface area contributed by atoms with Crippen molar-refractivity contribution in [2.24, 2.45) is 0 Å². The van der Waals surface area contributed by atoms with Crippen LogP contribution in [0.2, 0.25) is 0 Å². The van der Waals surface area contributed by atoms with Crippen LogP contribution in [0.25, 0.3) is 0 Å². The predicted octanol–water partition coefficient (Wildman–Crippen LogP) is 0.0555. The Balaban J connectivity index is 3.16. The Morgan fingerprint density at radius 2 is 2.50 bits per heavy atom. The number of aliphatic hydroxyl groups is 1. The lowest BCUT2D eigenvalue weighted by Gasteiger charge is -1.86. The highest BCUT2D eigenvalue weighted by Crippen LogP contribution is 1.76. The normalized spacial score (nSPS) is 9.75. The molecule has 0 spiro atoms. The van der Waals surface area contributed by atoms with Crippen LogP contribution in [0.3, 0.4) is 0 Å². The first kappa shape index (κ1) is 7.17. The Morgan fingerprint density at radius 3 is 2.88 bits per heavy atom. The number of rotatable bonds is 2. The molecule has 0 aliphatic heterocycles. The molecule has 3 heteroatoms. The van der Waals surface area contributed by atoms with Crippen molar-refractivity contribution in [2.45, 2.75) is 6.92 Å². The van der Waals surface area contributed by atoms with Gasteiger partial charge in [0.15, 0.2) is 0 Å². The molecule has 0 radical (unpaired) electrons. The standard InChI is InChI=1S/C5H8O3/c1-5(7)8-4-2-3-6/h2,4,6H,3H2,1H3/b4-2+. The van der Waals surface area contributed by atoms with Gasteiger partial charge in [-0.3, -0.25) is 4.79 Å². The predicted molar refractivity (Wildman–Crippen MR) is 28.0 cm³/mol. The molecule has 0 bridgehead atoms. The molecular formula is C5H8O3. The number of hydrogen-bond acceptors (Lipinski definition) is 3. The van der Waals surface area contributed by atoms with E-state index >= 15 is 0 Å². The molecule has 0 rings (SSSR count). The molecule has 0 aromatic heterocycles. The lowest BCUT2D eigenvalue weighted by molar-refractivity contribution is -0.135. The van der Waals surface area contributed by atoms with Crippen molar-refractivity contribution in [3.8, 4) is 0 Å². The summed E-state index contributed by atoms with van der Waals surface area (Å²) >= 11 is 0. The highest BCUT2D eigenvalue weighted by atomic mass is 16.5. The minimum absolute atomic E-state index is 0.104. The van der Waals surface area contributed by atoms with E-state index in [2.05, 4.69) is 4.74 Å². The van der Waals surface area contributed by atoms with Gasteiger partial charge in [0.25, 0.3) is 0 Å². The van der Waals surface area contributed by atoms with Crippen LogP contribution in [0.4, 0.5) is 0 Å². The summed E-state index contributed by atoms with van der Waals surface area (Å²) in [6.45, 7) is 1.19. The van der Waals surface area contributed by atoms with Gasteiger partial charge in [0.1, 0.15) is 0 Å². The molecule has 46 valence electrons. The minimum Gasteiger partial charge on any atom is -0.435 e. The lowest BCUT2D eigenvalue weighted by atomic mass is 10.7. The average molecular weight is 116 g/mol. The van der Waals surface area contributed by atoms with Crippen molar-refractivity contribution in [2.75, 3.05) is 6.61 Å². The van der Waals surface area contributed by atoms with Gasteiger partial charge < -0.3 is 9.84 Å². The SMILES string of the molecule is CC(=O)O/C=C/CO. The lowest BCUT2D eigenvalue weighted by Crippen LogP contribution is -1.89. The van der Waals surface area contributed by atoms with Crippen LogP contribution in [0.5, 0.6) is 0 Å². The van der Waals surface area contributed by atoms with Crippen LogP contribution in [0, 0.1) is 0 Å². The van der Waals surface area contributed by atoms with E-state index in [1.54, 1.807) is 0 Å². The zero-order chi connectivity index (χ0) is 6.41. The Morgan fingerprint density at radius 1 is 1.88 bits per heavy atom. The van der Waals surface area contributed by atoms with Crippen molar-refractivity contribution >= 4 is 5.97 Å². The van der Waals surface area contributed by atoms with Crippen LogP contribution in [0.1, 0.15) is 6.92 Å². The Hall–Kier alpha value is -0.830. The van der Waals surface area contributed by atoms with Gasteiger partial charge >= 0.3 is 5.97 Å². The summed E-state index contributed by atoms with van der Waals surface area (Å²) in [4.78, 5) is 9.96. The van der Waals surface area contributed by atoms with E-state index in [-0.39, 0.29) is 12.6 Å². The molecule has 0 saturated heterocycles. The van der Waals surface area contributed by atoms with Crippen LogP contribution in [-0.4, -0.2) is 17.7 Å². The van der Waals surface area contributed by atoms with E-state index in [4.69, 9.17) is 5.11 Å². The fraction of sp³-hybridized carbons (Fsp3) is 0.400. The average Bonchev–Trinajstić information content (AvgIpc) is 1.66. The van der Waals surface area contributed by atoms with Gasteiger partial charge in [-0.1, -0.05) is 0 Å². The van der Waals surface area contributed by atoms with E-state index in [9.17, 15) is 4.79 Å². The van der Waals surface area contributed by atoms with Gasteiger partial charge in [0.2, 0.25) is 0 Å². The first-order valence-corrected chi connectivity index (χ1v) is 2.20. The Bertz CT molecular complexity index is 95.8. The van der Waals surface area contributed by atoms with E-state index < -0.39 is 0 Å². The molecule has 3 nitrogen and oxygen atoms in total. The highest BCUT2D eigenvalue weighted by Gasteiger charge is 1.81. The van der Waals surface area contributed by atoms with Crippen molar-refractivity contribution in [3.63, 3.8) is 0 Å². The third kappa shape index (κ3) is 5.17. The van der Waals surface area contributed by atoms with E-state index in [1.807, 2.05) is 0 Å². The van der Waals surface area contributed by atoms with E-state index in [0.29, 0.717) is 0 Å². The maximum absolute atomic E-state index is 9.96. The van der Waals surface area contributed by atoms with E-state index in [1.165, 1.54) is 13.0 Å². The Kier molecular flexibility index (Phi) is 3.88. The van der Waals surface area contributed by atoms with Crippen molar-refractivity contribution in [3.05, 3.63) is 12.3 Å². The topological polar surface area (TPSA) is 46.5 Å². The van der Waals surface area contributed by atoms with Gasteiger partial charge in [0.05, 0.1) is 12.9 Å². The molecule has 0 atom stereocenters. The smallest absolute Gasteiger partial charge is 0.307 e. The number of ether oxygens (including phenoxy) is 1.